The summed E-state index contributed by atoms with van der Waals surface area (Å²) in [6.45, 7) is 8.41. The predicted molar refractivity (Wildman–Crippen MR) is 108 cm³/mol. The van der Waals surface area contributed by atoms with Gasteiger partial charge in [-0.05, 0) is 26.7 Å². The smallest absolute Gasteiger partial charge is 0.344 e. The van der Waals surface area contributed by atoms with Crippen LogP contribution in [0.15, 0.2) is 0 Å². The largest absolute Gasteiger partial charge is 0.465 e. The van der Waals surface area contributed by atoms with Crippen molar-refractivity contribution in [2.45, 2.75) is 104 Å². The summed E-state index contributed by atoms with van der Waals surface area (Å²) in [5, 5.41) is 0. The standard InChI is InChI=1S/C20H41O5P/c1-5-9-10-11-12-13-14-15-16-17-18-23-20(21)19(6-2)26(22,24-7-3)25-8-4/h19H,5-18H2,1-4H3. The molecule has 6 heteroatoms. The minimum absolute atomic E-state index is 0.250. The van der Waals surface area contributed by atoms with Gasteiger partial charge in [0.15, 0.2) is 5.66 Å². The number of hydrogen-bond acceptors (Lipinski definition) is 5. The maximum Gasteiger partial charge on any atom is 0.344 e. The zero-order valence-corrected chi connectivity index (χ0v) is 18.4. The fourth-order valence-corrected chi connectivity index (χ4v) is 4.89. The average Bonchev–Trinajstić information content (AvgIpc) is 2.60. The monoisotopic (exact) mass is 392 g/mol. The molecule has 1 atom stereocenters. The first-order valence-corrected chi connectivity index (χ1v) is 12.2. The molecule has 0 saturated heterocycles. The average molecular weight is 393 g/mol. The second kappa shape index (κ2) is 16.8. The minimum Gasteiger partial charge on any atom is -0.465 e. The molecular weight excluding hydrogens is 351 g/mol. The first-order valence-electron chi connectivity index (χ1n) is 10.6. The minimum atomic E-state index is -3.44. The first kappa shape index (κ1) is 25.6. The van der Waals surface area contributed by atoms with E-state index in [-0.39, 0.29) is 13.2 Å². The first-order chi connectivity index (χ1) is 12.6. The fraction of sp³-hybridized carbons (Fsp3) is 0.950. The van der Waals surface area contributed by atoms with Gasteiger partial charge in [0.2, 0.25) is 0 Å². The molecule has 0 rings (SSSR count). The SMILES string of the molecule is CCCCCCCCCCCCOC(=O)C(CC)P(=O)(OCC)OCC. The third-order valence-electron chi connectivity index (χ3n) is 4.40. The van der Waals surface area contributed by atoms with E-state index in [2.05, 4.69) is 6.92 Å². The predicted octanol–water partition coefficient (Wildman–Crippen LogP) is 6.50. The third kappa shape index (κ3) is 11.4. The molecule has 0 radical (unpaired) electrons. The molecule has 26 heavy (non-hydrogen) atoms. The molecule has 156 valence electrons. The summed E-state index contributed by atoms with van der Waals surface area (Å²) in [7, 11) is -3.44. The molecule has 0 amide bonds. The van der Waals surface area contributed by atoms with Gasteiger partial charge < -0.3 is 13.8 Å². The zero-order valence-electron chi connectivity index (χ0n) is 17.5. The molecule has 0 aliphatic carbocycles. The summed E-state index contributed by atoms with van der Waals surface area (Å²) in [6, 6.07) is 0. The van der Waals surface area contributed by atoms with Gasteiger partial charge in [0.05, 0.1) is 19.8 Å². The van der Waals surface area contributed by atoms with Crippen molar-refractivity contribution in [2.75, 3.05) is 19.8 Å². The highest BCUT2D eigenvalue weighted by atomic mass is 31.2. The van der Waals surface area contributed by atoms with Gasteiger partial charge in [-0.2, -0.15) is 0 Å². The molecule has 1 unspecified atom stereocenters. The van der Waals surface area contributed by atoms with E-state index in [9.17, 15) is 9.36 Å². The molecule has 5 nitrogen and oxygen atoms in total. The van der Waals surface area contributed by atoms with Gasteiger partial charge in [-0.3, -0.25) is 9.36 Å². The Kier molecular flexibility index (Phi) is 16.5. The molecule has 0 heterocycles. The highest BCUT2D eigenvalue weighted by Crippen LogP contribution is 2.54. The van der Waals surface area contributed by atoms with Crippen LogP contribution in [0, 0.1) is 0 Å². The topological polar surface area (TPSA) is 61.8 Å². The van der Waals surface area contributed by atoms with Crippen molar-refractivity contribution in [1.82, 2.24) is 0 Å². The number of ether oxygens (including phenoxy) is 1. The molecule has 0 spiro atoms. The molecule has 0 aromatic carbocycles. The van der Waals surface area contributed by atoms with E-state index >= 15 is 0 Å². The van der Waals surface area contributed by atoms with E-state index in [1.807, 2.05) is 0 Å². The maximum absolute atomic E-state index is 12.7. The van der Waals surface area contributed by atoms with Crippen LogP contribution in [0.5, 0.6) is 0 Å². The van der Waals surface area contributed by atoms with E-state index in [0.29, 0.717) is 13.0 Å². The normalized spacial score (nSPS) is 12.9. The third-order valence-corrected chi connectivity index (χ3v) is 6.98. The van der Waals surface area contributed by atoms with Crippen molar-refractivity contribution >= 4 is 13.6 Å². The van der Waals surface area contributed by atoms with E-state index in [1.54, 1.807) is 20.8 Å². The molecular formula is C20H41O5P. The van der Waals surface area contributed by atoms with Crippen LogP contribution < -0.4 is 0 Å². The number of carbonyl (C=O) groups excluding carboxylic acids is 1. The molecule has 0 aromatic rings. The van der Waals surface area contributed by atoms with Crippen molar-refractivity contribution < 1.29 is 23.1 Å². The van der Waals surface area contributed by atoms with E-state index in [0.717, 1.165) is 12.8 Å². The molecule has 0 aromatic heterocycles. The van der Waals surface area contributed by atoms with Gasteiger partial charge in [-0.25, -0.2) is 0 Å². The quantitative estimate of drug-likeness (QED) is 0.151. The van der Waals surface area contributed by atoms with Crippen LogP contribution >= 0.6 is 7.60 Å². The van der Waals surface area contributed by atoms with Gasteiger partial charge in [-0.15, -0.1) is 0 Å². The number of esters is 1. The van der Waals surface area contributed by atoms with Gasteiger partial charge in [0.25, 0.3) is 0 Å². The molecule has 0 aliphatic heterocycles. The lowest BCUT2D eigenvalue weighted by Gasteiger charge is -2.23. The number of unbranched alkanes of at least 4 members (excludes halogenated alkanes) is 9. The van der Waals surface area contributed by atoms with Crippen LogP contribution in [0.25, 0.3) is 0 Å². The Labute approximate surface area is 161 Å². The van der Waals surface area contributed by atoms with Crippen LogP contribution in [0.1, 0.15) is 98.3 Å². The van der Waals surface area contributed by atoms with E-state index in [1.165, 1.54) is 51.4 Å². The maximum atomic E-state index is 12.7. The van der Waals surface area contributed by atoms with Gasteiger partial charge in [-0.1, -0.05) is 71.6 Å². The number of hydrogen-bond donors (Lipinski definition) is 0. The van der Waals surface area contributed by atoms with Crippen LogP contribution in [0.3, 0.4) is 0 Å². The Morgan fingerprint density at radius 3 is 1.65 bits per heavy atom. The Morgan fingerprint density at radius 1 is 0.769 bits per heavy atom. The van der Waals surface area contributed by atoms with E-state index in [4.69, 9.17) is 13.8 Å². The van der Waals surface area contributed by atoms with Crippen LogP contribution in [0.4, 0.5) is 0 Å². The zero-order chi connectivity index (χ0) is 19.7. The van der Waals surface area contributed by atoms with Gasteiger partial charge in [0, 0.05) is 0 Å². The van der Waals surface area contributed by atoms with E-state index < -0.39 is 19.2 Å². The summed E-state index contributed by atoms with van der Waals surface area (Å²) >= 11 is 0. The molecule has 0 saturated carbocycles. The Balaban J connectivity index is 3.93. The van der Waals surface area contributed by atoms with Crippen molar-refractivity contribution in [3.63, 3.8) is 0 Å². The van der Waals surface area contributed by atoms with Crippen LogP contribution in [-0.2, 0) is 23.1 Å². The van der Waals surface area contributed by atoms with Crippen LogP contribution in [-0.4, -0.2) is 31.4 Å². The van der Waals surface area contributed by atoms with Crippen molar-refractivity contribution in [3.8, 4) is 0 Å². The van der Waals surface area contributed by atoms with Crippen molar-refractivity contribution in [1.29, 1.82) is 0 Å². The summed E-state index contributed by atoms with van der Waals surface area (Å²) in [5.74, 6) is -0.464. The summed E-state index contributed by atoms with van der Waals surface area (Å²) in [5.41, 5.74) is -0.828. The lowest BCUT2D eigenvalue weighted by atomic mass is 10.1. The molecule has 0 fully saturated rings. The Bertz CT molecular complexity index is 376. The van der Waals surface area contributed by atoms with Crippen molar-refractivity contribution in [3.05, 3.63) is 0 Å². The molecule has 0 N–H and O–H groups in total. The summed E-state index contributed by atoms with van der Waals surface area (Å²) < 4.78 is 28.6. The van der Waals surface area contributed by atoms with Gasteiger partial charge in [0.1, 0.15) is 0 Å². The van der Waals surface area contributed by atoms with Crippen LogP contribution in [0.2, 0.25) is 0 Å². The second-order valence-corrected chi connectivity index (χ2v) is 8.87. The highest BCUT2D eigenvalue weighted by molar-refractivity contribution is 7.55. The van der Waals surface area contributed by atoms with Crippen molar-refractivity contribution in [2.24, 2.45) is 0 Å². The fourth-order valence-electron chi connectivity index (χ4n) is 2.95. The van der Waals surface area contributed by atoms with Gasteiger partial charge >= 0.3 is 13.6 Å². The number of rotatable bonds is 18. The summed E-state index contributed by atoms with van der Waals surface area (Å²) in [4.78, 5) is 12.3. The highest BCUT2D eigenvalue weighted by Gasteiger charge is 2.40. The molecule has 0 aliphatic rings. The lowest BCUT2D eigenvalue weighted by molar-refractivity contribution is -0.143. The summed E-state index contributed by atoms with van der Waals surface area (Å²) in [6.07, 6.45) is 12.7. The number of carbonyl (C=O) groups is 1. The molecule has 0 bridgehead atoms. The second-order valence-electron chi connectivity index (χ2n) is 6.65. The lowest BCUT2D eigenvalue weighted by Crippen LogP contribution is -2.25. The Morgan fingerprint density at radius 2 is 1.23 bits per heavy atom. The Hall–Kier alpha value is -0.380.